The van der Waals surface area contributed by atoms with Crippen LogP contribution in [-0.4, -0.2) is 38.2 Å². The highest BCUT2D eigenvalue weighted by molar-refractivity contribution is 7.07. The van der Waals surface area contributed by atoms with Crippen LogP contribution < -0.4 is 19.6 Å². The van der Waals surface area contributed by atoms with Gasteiger partial charge in [-0.25, -0.2) is 9.79 Å². The zero-order valence-electron chi connectivity index (χ0n) is 21.8. The summed E-state index contributed by atoms with van der Waals surface area (Å²) in [4.78, 5) is 52.5. The van der Waals surface area contributed by atoms with Crippen LogP contribution in [0.2, 0.25) is 0 Å². The Morgan fingerprint density at radius 1 is 1.20 bits per heavy atom. The van der Waals surface area contributed by atoms with Crippen molar-refractivity contribution in [2.45, 2.75) is 39.8 Å². The highest BCUT2D eigenvalue weighted by atomic mass is 32.1. The van der Waals surface area contributed by atoms with Crippen molar-refractivity contribution >= 4 is 34.8 Å². The van der Waals surface area contributed by atoms with Crippen molar-refractivity contribution < 1.29 is 29.2 Å². The molecular formula is C26H24N4O9S. The number of phenols is 1. The predicted octanol–water partition coefficient (Wildman–Crippen LogP) is 3.11. The number of hydrogen-bond acceptors (Lipinski definition) is 11. The number of rotatable bonds is 8. The molecule has 2 aromatic carbocycles. The summed E-state index contributed by atoms with van der Waals surface area (Å²) in [5, 5.41) is 33.2. The van der Waals surface area contributed by atoms with Gasteiger partial charge in [0.05, 0.1) is 50.5 Å². The van der Waals surface area contributed by atoms with Gasteiger partial charge in [0.2, 0.25) is 5.75 Å². The van der Waals surface area contributed by atoms with Gasteiger partial charge in [-0.2, -0.15) is 0 Å². The minimum absolute atomic E-state index is 0.0222. The van der Waals surface area contributed by atoms with E-state index in [1.54, 1.807) is 45.0 Å². The van der Waals surface area contributed by atoms with Gasteiger partial charge in [-0.05, 0) is 51.5 Å². The molecule has 2 heterocycles. The van der Waals surface area contributed by atoms with Crippen molar-refractivity contribution in [2.75, 3.05) is 6.61 Å². The normalized spacial score (nSPS) is 15.0. The Labute approximate surface area is 230 Å². The van der Waals surface area contributed by atoms with Crippen LogP contribution in [-0.2, 0) is 9.53 Å². The van der Waals surface area contributed by atoms with Crippen LogP contribution in [0.25, 0.3) is 6.08 Å². The van der Waals surface area contributed by atoms with Crippen LogP contribution >= 0.6 is 11.3 Å². The number of esters is 1. The first-order valence-electron chi connectivity index (χ1n) is 12.0. The second-order valence-corrected chi connectivity index (χ2v) is 9.96. The Morgan fingerprint density at radius 3 is 2.45 bits per heavy atom. The van der Waals surface area contributed by atoms with Gasteiger partial charge in [-0.15, -0.1) is 0 Å². The molecule has 0 spiro atoms. The molecule has 0 aliphatic carbocycles. The lowest BCUT2D eigenvalue weighted by atomic mass is 9.96. The van der Waals surface area contributed by atoms with Crippen LogP contribution in [0.15, 0.2) is 57.5 Å². The number of ether oxygens (including phenoxy) is 2. The molecule has 208 valence electrons. The van der Waals surface area contributed by atoms with E-state index in [9.17, 15) is 34.9 Å². The number of nitro benzene ring substituents is 2. The monoisotopic (exact) mass is 568 g/mol. The molecule has 0 saturated carbocycles. The molecule has 0 bridgehead atoms. The van der Waals surface area contributed by atoms with Crippen molar-refractivity contribution in [2.24, 2.45) is 4.99 Å². The van der Waals surface area contributed by atoms with Gasteiger partial charge in [0.15, 0.2) is 4.80 Å². The van der Waals surface area contributed by atoms with E-state index in [0.717, 1.165) is 23.5 Å². The topological polar surface area (TPSA) is 176 Å². The quantitative estimate of drug-likeness (QED) is 0.243. The number of thiazole rings is 1. The van der Waals surface area contributed by atoms with E-state index in [2.05, 4.69) is 4.99 Å². The van der Waals surface area contributed by atoms with Gasteiger partial charge in [0, 0.05) is 11.6 Å². The van der Waals surface area contributed by atoms with Crippen LogP contribution in [0.5, 0.6) is 11.5 Å². The van der Waals surface area contributed by atoms with Crippen molar-refractivity contribution in [1.82, 2.24) is 4.57 Å². The molecular weight excluding hydrogens is 544 g/mol. The molecule has 14 heteroatoms. The number of carbonyl (C=O) groups is 1. The first-order valence-corrected chi connectivity index (χ1v) is 12.9. The number of aromatic nitrogens is 1. The Morgan fingerprint density at radius 2 is 1.88 bits per heavy atom. The van der Waals surface area contributed by atoms with Gasteiger partial charge in [0.25, 0.3) is 11.2 Å². The lowest BCUT2D eigenvalue weighted by Crippen LogP contribution is -2.40. The van der Waals surface area contributed by atoms with E-state index < -0.39 is 50.6 Å². The van der Waals surface area contributed by atoms with E-state index in [1.807, 2.05) is 6.92 Å². The third-order valence-electron chi connectivity index (χ3n) is 5.89. The lowest BCUT2D eigenvalue weighted by Gasteiger charge is -2.25. The summed E-state index contributed by atoms with van der Waals surface area (Å²) < 4.78 is 12.2. The summed E-state index contributed by atoms with van der Waals surface area (Å²) in [6.07, 6.45) is 0.686. The van der Waals surface area contributed by atoms with E-state index >= 15 is 0 Å². The number of hydrogen-bond donors (Lipinski definition) is 1. The average molecular weight is 569 g/mol. The van der Waals surface area contributed by atoms with Gasteiger partial charge in [-0.3, -0.25) is 29.6 Å². The molecule has 40 heavy (non-hydrogen) atoms. The third kappa shape index (κ3) is 5.33. The molecule has 4 rings (SSSR count). The molecule has 13 nitrogen and oxygen atoms in total. The highest BCUT2D eigenvalue weighted by Crippen LogP contribution is 2.35. The van der Waals surface area contributed by atoms with Crippen LogP contribution in [0.4, 0.5) is 11.4 Å². The fourth-order valence-corrected chi connectivity index (χ4v) is 5.25. The Hall–Kier alpha value is -4.85. The fourth-order valence-electron chi connectivity index (χ4n) is 4.21. The third-order valence-corrected chi connectivity index (χ3v) is 6.87. The SMILES string of the molecule is CCOc1ccc([C@H]2C(C(=O)OC(C)C)=C(C)N=c3s/c(=C/c4cc([N+](=O)[O-])cc([N+](=O)[O-])c4O)c(=O)n32)cc1. The number of non-ortho nitro benzene ring substituents is 1. The van der Waals surface area contributed by atoms with E-state index in [4.69, 9.17) is 9.47 Å². The Bertz CT molecular complexity index is 1740. The first-order chi connectivity index (χ1) is 18.9. The lowest BCUT2D eigenvalue weighted by molar-refractivity contribution is -0.394. The molecule has 0 unspecified atom stereocenters. The molecule has 1 atom stereocenters. The molecule has 0 amide bonds. The van der Waals surface area contributed by atoms with E-state index in [-0.39, 0.29) is 20.5 Å². The molecule has 0 radical (unpaired) electrons. The highest BCUT2D eigenvalue weighted by Gasteiger charge is 2.34. The molecule has 1 aromatic heterocycles. The molecule has 1 aliphatic rings. The van der Waals surface area contributed by atoms with Crippen molar-refractivity contribution in [3.63, 3.8) is 0 Å². The molecule has 0 saturated heterocycles. The molecule has 3 aromatic rings. The molecule has 1 N–H and O–H groups in total. The van der Waals surface area contributed by atoms with Crippen LogP contribution in [0.3, 0.4) is 0 Å². The van der Waals surface area contributed by atoms with Crippen molar-refractivity contribution in [3.05, 3.63) is 98.7 Å². The summed E-state index contributed by atoms with van der Waals surface area (Å²) in [5.74, 6) is -0.897. The number of nitro groups is 2. The maximum absolute atomic E-state index is 13.8. The minimum Gasteiger partial charge on any atom is -0.502 e. The summed E-state index contributed by atoms with van der Waals surface area (Å²) in [5.41, 5.74) is -1.40. The first kappa shape index (κ1) is 28.2. The number of phenolic OH excluding ortho intramolecular Hbond substituents is 1. The van der Waals surface area contributed by atoms with Gasteiger partial charge in [-0.1, -0.05) is 23.5 Å². The fraction of sp³-hybridized carbons (Fsp3) is 0.269. The number of benzene rings is 2. The summed E-state index contributed by atoms with van der Waals surface area (Å²) >= 11 is 0.902. The Balaban J connectivity index is 1.97. The molecule has 1 aliphatic heterocycles. The zero-order chi connectivity index (χ0) is 29.3. The maximum atomic E-state index is 13.8. The number of allylic oxidation sites excluding steroid dienone is 1. The summed E-state index contributed by atoms with van der Waals surface area (Å²) in [7, 11) is 0. The van der Waals surface area contributed by atoms with E-state index in [1.165, 1.54) is 4.57 Å². The maximum Gasteiger partial charge on any atom is 0.338 e. The second-order valence-electron chi connectivity index (χ2n) is 8.95. The van der Waals surface area contributed by atoms with E-state index in [0.29, 0.717) is 29.7 Å². The van der Waals surface area contributed by atoms with Crippen LogP contribution in [0.1, 0.15) is 44.9 Å². The van der Waals surface area contributed by atoms with Crippen molar-refractivity contribution in [3.8, 4) is 11.5 Å². The van der Waals surface area contributed by atoms with Crippen molar-refractivity contribution in [1.29, 1.82) is 0 Å². The number of fused-ring (bicyclic) bond motifs is 1. The largest absolute Gasteiger partial charge is 0.502 e. The molecule has 0 fully saturated rings. The smallest absolute Gasteiger partial charge is 0.338 e. The zero-order valence-corrected chi connectivity index (χ0v) is 22.6. The predicted molar refractivity (Wildman–Crippen MR) is 144 cm³/mol. The standard InChI is InChI=1S/C26H24N4O9S/c1-5-38-18-8-6-15(7-9-18)22-21(25(33)39-13(2)3)14(4)27-26-28(22)24(32)20(40-26)11-16-10-17(29(34)35)12-19(23(16)31)30(36)37/h6-13,22,31H,5H2,1-4H3/b20-11+/t22-/m0/s1. The second kappa shape index (κ2) is 11.1. The summed E-state index contributed by atoms with van der Waals surface area (Å²) in [6.45, 7) is 7.29. The minimum atomic E-state index is -0.955. The average Bonchev–Trinajstić information content (AvgIpc) is 3.18. The van der Waals surface area contributed by atoms with Crippen LogP contribution in [0, 0.1) is 20.2 Å². The number of nitrogens with zero attached hydrogens (tertiary/aromatic N) is 4. The van der Waals surface area contributed by atoms with Gasteiger partial charge < -0.3 is 14.6 Å². The van der Waals surface area contributed by atoms with Gasteiger partial charge in [0.1, 0.15) is 5.75 Å². The Kier molecular flexibility index (Phi) is 7.81. The number of carbonyl (C=O) groups excluding carboxylic acids is 1. The van der Waals surface area contributed by atoms with Gasteiger partial charge >= 0.3 is 11.7 Å². The number of aromatic hydroxyl groups is 1. The summed E-state index contributed by atoms with van der Waals surface area (Å²) in [6, 6.07) is 7.46.